The Labute approximate surface area is 130 Å². The number of likely N-dealkylation sites (tertiary alicyclic amines) is 1. The fraction of sp³-hybridized carbons (Fsp3) is 0.625. The third kappa shape index (κ3) is 3.19. The van der Waals surface area contributed by atoms with E-state index < -0.39 is 0 Å². The molecule has 21 heavy (non-hydrogen) atoms. The molecule has 2 aromatic rings. The molecule has 1 aliphatic heterocycles. The minimum absolute atomic E-state index is 0.708. The first kappa shape index (κ1) is 14.7. The van der Waals surface area contributed by atoms with Gasteiger partial charge in [-0.2, -0.15) is 0 Å². The fourth-order valence-electron chi connectivity index (χ4n) is 3.10. The monoisotopic (exact) mass is 304 g/mol. The second-order valence-corrected chi connectivity index (χ2v) is 6.62. The second kappa shape index (κ2) is 6.71. The molecule has 1 fully saturated rings. The van der Waals surface area contributed by atoms with Crippen LogP contribution in [0.1, 0.15) is 45.4 Å². The van der Waals surface area contributed by atoms with E-state index in [4.69, 9.17) is 9.97 Å². The number of thiophene rings is 1. The Morgan fingerprint density at radius 3 is 3.10 bits per heavy atom. The average Bonchev–Trinajstić information content (AvgIpc) is 3.13. The maximum absolute atomic E-state index is 4.79. The zero-order valence-corrected chi connectivity index (χ0v) is 13.7. The molecule has 0 saturated carbocycles. The molecule has 4 nitrogen and oxygen atoms in total. The smallest absolute Gasteiger partial charge is 0.146 e. The Kier molecular flexibility index (Phi) is 4.70. The van der Waals surface area contributed by atoms with E-state index in [-0.39, 0.29) is 0 Å². The Bertz CT molecular complexity index is 595. The number of rotatable bonds is 6. The van der Waals surface area contributed by atoms with E-state index in [9.17, 15) is 0 Å². The third-order valence-corrected chi connectivity index (χ3v) is 5.04. The molecule has 0 aromatic carbocycles. The lowest BCUT2D eigenvalue weighted by Gasteiger charge is -2.22. The maximum Gasteiger partial charge on any atom is 0.146 e. The second-order valence-electron chi connectivity index (χ2n) is 5.73. The molecule has 0 amide bonds. The summed E-state index contributed by atoms with van der Waals surface area (Å²) in [6.45, 7) is 7.48. The number of anilines is 1. The summed E-state index contributed by atoms with van der Waals surface area (Å²) in [4.78, 5) is 13.2. The number of nitrogens with zero attached hydrogens (tertiary/aromatic N) is 3. The van der Waals surface area contributed by atoms with Crippen molar-refractivity contribution in [3.8, 4) is 0 Å². The van der Waals surface area contributed by atoms with Gasteiger partial charge in [0.2, 0.25) is 0 Å². The van der Waals surface area contributed by atoms with Gasteiger partial charge < -0.3 is 5.32 Å². The van der Waals surface area contributed by atoms with E-state index in [0.29, 0.717) is 6.04 Å². The van der Waals surface area contributed by atoms with E-state index in [2.05, 4.69) is 35.5 Å². The van der Waals surface area contributed by atoms with Crippen LogP contribution in [0.2, 0.25) is 0 Å². The SMILES string of the molecule is CCCNc1nc(CN2CCCC2CC)nc2sccc12. The molecule has 1 N–H and O–H groups in total. The summed E-state index contributed by atoms with van der Waals surface area (Å²) in [7, 11) is 0. The molecule has 114 valence electrons. The normalized spacial score (nSPS) is 19.4. The minimum Gasteiger partial charge on any atom is -0.369 e. The maximum atomic E-state index is 4.79. The lowest BCUT2D eigenvalue weighted by atomic mass is 10.2. The van der Waals surface area contributed by atoms with E-state index in [1.54, 1.807) is 11.3 Å². The van der Waals surface area contributed by atoms with Crippen molar-refractivity contribution < 1.29 is 0 Å². The quantitative estimate of drug-likeness (QED) is 0.879. The van der Waals surface area contributed by atoms with Gasteiger partial charge in [-0.1, -0.05) is 13.8 Å². The average molecular weight is 304 g/mol. The Morgan fingerprint density at radius 2 is 2.29 bits per heavy atom. The molecule has 0 aliphatic carbocycles. The Hall–Kier alpha value is -1.20. The number of hydrogen-bond donors (Lipinski definition) is 1. The van der Waals surface area contributed by atoms with Crippen LogP contribution in [0.25, 0.3) is 10.2 Å². The first-order valence-corrected chi connectivity index (χ1v) is 8.91. The zero-order valence-electron chi connectivity index (χ0n) is 12.9. The van der Waals surface area contributed by atoms with Crippen LogP contribution >= 0.6 is 11.3 Å². The highest BCUT2D eigenvalue weighted by molar-refractivity contribution is 7.16. The summed E-state index contributed by atoms with van der Waals surface area (Å²) in [5, 5.41) is 6.71. The minimum atomic E-state index is 0.708. The summed E-state index contributed by atoms with van der Waals surface area (Å²) in [5.74, 6) is 1.97. The van der Waals surface area contributed by atoms with Gasteiger partial charge in [-0.25, -0.2) is 9.97 Å². The number of hydrogen-bond acceptors (Lipinski definition) is 5. The highest BCUT2D eigenvalue weighted by atomic mass is 32.1. The van der Waals surface area contributed by atoms with Crippen molar-refractivity contribution in [1.82, 2.24) is 14.9 Å². The van der Waals surface area contributed by atoms with Crippen molar-refractivity contribution >= 4 is 27.4 Å². The molecule has 0 spiro atoms. The Morgan fingerprint density at radius 1 is 1.38 bits per heavy atom. The molecule has 3 rings (SSSR count). The van der Waals surface area contributed by atoms with Gasteiger partial charge in [-0.15, -0.1) is 11.3 Å². The van der Waals surface area contributed by atoms with Crippen molar-refractivity contribution in [2.45, 2.75) is 52.1 Å². The van der Waals surface area contributed by atoms with Gasteiger partial charge in [-0.3, -0.25) is 4.90 Å². The van der Waals surface area contributed by atoms with Crippen LogP contribution in [0.5, 0.6) is 0 Å². The first-order valence-electron chi connectivity index (χ1n) is 8.03. The van der Waals surface area contributed by atoms with Gasteiger partial charge in [0.25, 0.3) is 0 Å². The summed E-state index contributed by atoms with van der Waals surface area (Å²) in [6.07, 6.45) is 4.95. The fourth-order valence-corrected chi connectivity index (χ4v) is 3.88. The van der Waals surface area contributed by atoms with Crippen LogP contribution in [-0.4, -0.2) is 34.0 Å². The van der Waals surface area contributed by atoms with Gasteiger partial charge in [0.05, 0.1) is 11.9 Å². The molecule has 5 heteroatoms. The van der Waals surface area contributed by atoms with Crippen LogP contribution in [0, 0.1) is 0 Å². The van der Waals surface area contributed by atoms with Gasteiger partial charge in [0, 0.05) is 12.6 Å². The summed E-state index contributed by atoms with van der Waals surface area (Å²) in [5.41, 5.74) is 0. The van der Waals surface area contributed by atoms with Gasteiger partial charge in [-0.05, 0) is 43.7 Å². The first-order chi connectivity index (χ1) is 10.3. The highest BCUT2D eigenvalue weighted by Gasteiger charge is 2.24. The summed E-state index contributed by atoms with van der Waals surface area (Å²) in [6, 6.07) is 2.83. The van der Waals surface area contributed by atoms with Crippen molar-refractivity contribution in [3.05, 3.63) is 17.3 Å². The lowest BCUT2D eigenvalue weighted by molar-refractivity contribution is 0.234. The largest absolute Gasteiger partial charge is 0.369 e. The van der Waals surface area contributed by atoms with Gasteiger partial charge in [0.15, 0.2) is 0 Å². The van der Waals surface area contributed by atoms with Crippen LogP contribution in [0.4, 0.5) is 5.82 Å². The topological polar surface area (TPSA) is 41.1 Å². The van der Waals surface area contributed by atoms with E-state index in [1.165, 1.54) is 25.8 Å². The number of nitrogens with one attached hydrogen (secondary N) is 1. The number of fused-ring (bicyclic) bond motifs is 1. The van der Waals surface area contributed by atoms with E-state index >= 15 is 0 Å². The van der Waals surface area contributed by atoms with Gasteiger partial charge in [0.1, 0.15) is 16.5 Å². The van der Waals surface area contributed by atoms with Crippen LogP contribution in [0.3, 0.4) is 0 Å². The highest BCUT2D eigenvalue weighted by Crippen LogP contribution is 2.27. The molecule has 2 aromatic heterocycles. The molecule has 1 saturated heterocycles. The van der Waals surface area contributed by atoms with E-state index in [0.717, 1.165) is 41.4 Å². The Balaban J connectivity index is 1.84. The van der Waals surface area contributed by atoms with Crippen LogP contribution < -0.4 is 5.32 Å². The predicted molar refractivity (Wildman–Crippen MR) is 89.9 cm³/mol. The van der Waals surface area contributed by atoms with Crippen molar-refractivity contribution in [2.75, 3.05) is 18.4 Å². The van der Waals surface area contributed by atoms with Crippen molar-refractivity contribution in [3.63, 3.8) is 0 Å². The van der Waals surface area contributed by atoms with E-state index in [1.807, 2.05) is 0 Å². The molecule has 1 unspecified atom stereocenters. The zero-order chi connectivity index (χ0) is 14.7. The lowest BCUT2D eigenvalue weighted by Crippen LogP contribution is -2.29. The molecule has 0 bridgehead atoms. The third-order valence-electron chi connectivity index (χ3n) is 4.23. The molecule has 0 radical (unpaired) electrons. The summed E-state index contributed by atoms with van der Waals surface area (Å²) >= 11 is 1.70. The predicted octanol–water partition coefficient (Wildman–Crippen LogP) is 3.89. The van der Waals surface area contributed by atoms with Crippen molar-refractivity contribution in [1.29, 1.82) is 0 Å². The molecular formula is C16H24N4S. The number of aromatic nitrogens is 2. The molecule has 1 atom stereocenters. The molecule has 3 heterocycles. The van der Waals surface area contributed by atoms with Crippen LogP contribution in [0.15, 0.2) is 11.4 Å². The van der Waals surface area contributed by atoms with Crippen molar-refractivity contribution in [2.24, 2.45) is 0 Å². The van der Waals surface area contributed by atoms with Crippen LogP contribution in [-0.2, 0) is 6.54 Å². The standard InChI is InChI=1S/C16H24N4S/c1-3-8-17-15-13-7-10-21-16(13)19-14(18-15)11-20-9-5-6-12(20)4-2/h7,10,12H,3-6,8-9,11H2,1-2H3,(H,17,18,19). The summed E-state index contributed by atoms with van der Waals surface area (Å²) < 4.78 is 0. The van der Waals surface area contributed by atoms with Gasteiger partial charge >= 0.3 is 0 Å². The molecule has 1 aliphatic rings. The molecular weight excluding hydrogens is 280 g/mol.